The maximum atomic E-state index is 13.6. The molecule has 2 atom stereocenters. The molecule has 2 unspecified atom stereocenters. The Morgan fingerprint density at radius 3 is 1.94 bits per heavy atom. The largest absolute Gasteiger partial charge is 0.481 e. The average molecular weight is 513 g/mol. The molecule has 2 aromatic carbocycles. The summed E-state index contributed by atoms with van der Waals surface area (Å²) < 4.78 is 119. The van der Waals surface area contributed by atoms with Crippen LogP contribution in [0.5, 0.6) is 0 Å². The Balaban J connectivity index is 2.08. The second kappa shape index (κ2) is 9.03. The van der Waals surface area contributed by atoms with Gasteiger partial charge >= 0.3 is 24.5 Å². The van der Waals surface area contributed by atoms with Crippen LogP contribution in [0.2, 0.25) is 0 Å². The summed E-state index contributed by atoms with van der Waals surface area (Å²) in [5, 5.41) is 9.48. The van der Waals surface area contributed by atoms with E-state index >= 15 is 0 Å². The minimum absolute atomic E-state index is 0.00582. The van der Waals surface area contributed by atoms with Gasteiger partial charge in [0.2, 0.25) is 0 Å². The van der Waals surface area contributed by atoms with Gasteiger partial charge in [0.25, 0.3) is 0 Å². The number of nitrogens with zero attached hydrogens (tertiary/aromatic N) is 1. The summed E-state index contributed by atoms with van der Waals surface area (Å²) in [7, 11) is 0. The Labute approximate surface area is 194 Å². The summed E-state index contributed by atoms with van der Waals surface area (Å²) in [5.74, 6) is -2.13. The lowest BCUT2D eigenvalue weighted by Crippen LogP contribution is -2.50. The number of rotatable bonds is 4. The number of benzene rings is 2. The second-order valence-electron chi connectivity index (χ2n) is 8.67. The van der Waals surface area contributed by atoms with Crippen LogP contribution in [0.4, 0.5) is 39.5 Å². The molecular formula is C23H20F9NO2. The third-order valence-electron chi connectivity index (χ3n) is 6.37. The SMILES string of the molecule is CC1(c2ccc(C(F)(F)F)cc2)CC(C(=O)O)CCN1Cc1cc(C(F)(F)F)ccc1C(F)(F)F. The molecule has 0 radical (unpaired) electrons. The molecule has 192 valence electrons. The van der Waals surface area contributed by atoms with Crippen LogP contribution in [0, 0.1) is 5.92 Å². The van der Waals surface area contributed by atoms with Crippen LogP contribution in [0.1, 0.15) is 47.6 Å². The van der Waals surface area contributed by atoms with E-state index in [4.69, 9.17) is 0 Å². The highest BCUT2D eigenvalue weighted by molar-refractivity contribution is 5.70. The van der Waals surface area contributed by atoms with Gasteiger partial charge < -0.3 is 5.11 Å². The molecule has 1 N–H and O–H groups in total. The van der Waals surface area contributed by atoms with Gasteiger partial charge in [-0.2, -0.15) is 39.5 Å². The Hall–Kier alpha value is -2.76. The Morgan fingerprint density at radius 1 is 0.914 bits per heavy atom. The third kappa shape index (κ3) is 5.74. The maximum Gasteiger partial charge on any atom is 0.416 e. The van der Waals surface area contributed by atoms with Gasteiger partial charge in [0, 0.05) is 18.6 Å². The first-order valence-corrected chi connectivity index (χ1v) is 10.4. The van der Waals surface area contributed by atoms with E-state index in [0.717, 1.165) is 24.3 Å². The zero-order chi connectivity index (χ0) is 26.4. The molecule has 3 nitrogen and oxygen atoms in total. The number of likely N-dealkylation sites (tertiary alicyclic amines) is 1. The van der Waals surface area contributed by atoms with Crippen LogP contribution in [0.15, 0.2) is 42.5 Å². The van der Waals surface area contributed by atoms with Gasteiger partial charge in [-0.1, -0.05) is 12.1 Å². The molecule has 1 fully saturated rings. The van der Waals surface area contributed by atoms with Crippen molar-refractivity contribution in [3.8, 4) is 0 Å². The van der Waals surface area contributed by atoms with E-state index in [1.165, 1.54) is 11.8 Å². The number of alkyl halides is 9. The summed E-state index contributed by atoms with van der Waals surface area (Å²) in [4.78, 5) is 13.0. The first kappa shape index (κ1) is 26.8. The molecule has 1 heterocycles. The van der Waals surface area contributed by atoms with Crippen molar-refractivity contribution >= 4 is 5.97 Å². The van der Waals surface area contributed by atoms with Crippen molar-refractivity contribution < 1.29 is 49.4 Å². The highest BCUT2D eigenvalue weighted by atomic mass is 19.4. The number of aliphatic carboxylic acids is 1. The van der Waals surface area contributed by atoms with Crippen molar-refractivity contribution in [2.45, 2.75) is 50.4 Å². The van der Waals surface area contributed by atoms with Crippen LogP contribution >= 0.6 is 0 Å². The maximum absolute atomic E-state index is 13.6. The summed E-state index contributed by atoms with van der Waals surface area (Å²) >= 11 is 0. The number of piperidine rings is 1. The number of halogens is 9. The molecule has 0 saturated carbocycles. The fourth-order valence-electron chi connectivity index (χ4n) is 4.44. The number of carboxylic acid groups (broad SMARTS) is 1. The predicted octanol–water partition coefficient (Wildman–Crippen LogP) is 6.96. The number of carboxylic acids is 1. The van der Waals surface area contributed by atoms with Crippen molar-refractivity contribution in [2.75, 3.05) is 6.54 Å². The Bertz CT molecular complexity index is 1070. The number of hydrogen-bond acceptors (Lipinski definition) is 2. The minimum atomic E-state index is -4.95. The van der Waals surface area contributed by atoms with Gasteiger partial charge in [-0.25, -0.2) is 0 Å². The molecule has 0 aromatic heterocycles. The highest BCUT2D eigenvalue weighted by Crippen LogP contribution is 2.44. The van der Waals surface area contributed by atoms with Crippen LogP contribution in [0.3, 0.4) is 0 Å². The molecule has 1 aliphatic heterocycles. The van der Waals surface area contributed by atoms with Gasteiger partial charge in [0.15, 0.2) is 0 Å². The molecular weight excluding hydrogens is 493 g/mol. The van der Waals surface area contributed by atoms with E-state index in [2.05, 4.69) is 0 Å². The zero-order valence-electron chi connectivity index (χ0n) is 18.2. The average Bonchev–Trinajstić information content (AvgIpc) is 2.73. The van der Waals surface area contributed by atoms with Crippen molar-refractivity contribution in [3.63, 3.8) is 0 Å². The molecule has 0 bridgehead atoms. The minimum Gasteiger partial charge on any atom is -0.481 e. The summed E-state index contributed by atoms with van der Waals surface area (Å²) in [6.07, 6.45) is -14.6. The van der Waals surface area contributed by atoms with E-state index in [1.807, 2.05) is 0 Å². The summed E-state index contributed by atoms with van der Waals surface area (Å²) in [5.41, 5.74) is -5.35. The smallest absolute Gasteiger partial charge is 0.416 e. The fraction of sp³-hybridized carbons (Fsp3) is 0.435. The lowest BCUT2D eigenvalue weighted by molar-refractivity contribution is -0.146. The molecule has 0 aliphatic carbocycles. The van der Waals surface area contributed by atoms with Gasteiger partial charge in [0.1, 0.15) is 0 Å². The molecule has 1 saturated heterocycles. The van der Waals surface area contributed by atoms with Gasteiger partial charge in [-0.3, -0.25) is 9.69 Å². The van der Waals surface area contributed by atoms with Crippen molar-refractivity contribution in [1.29, 1.82) is 0 Å². The van der Waals surface area contributed by atoms with Crippen molar-refractivity contribution in [1.82, 2.24) is 4.90 Å². The standard InChI is InChI=1S/C23H20F9NO2/c1-20(15-2-4-16(5-3-15)21(24,25)26)11-13(19(34)35)8-9-33(20)12-14-10-17(22(27,28)29)6-7-18(14)23(30,31)32/h2-7,10,13H,8-9,11-12H2,1H3,(H,34,35). The van der Waals surface area contributed by atoms with Gasteiger partial charge in [-0.05, 0) is 61.2 Å². The molecule has 0 amide bonds. The molecule has 12 heteroatoms. The van der Waals surface area contributed by atoms with Crippen LogP contribution in [-0.2, 0) is 35.4 Å². The normalized spacial score (nSPS) is 22.3. The zero-order valence-corrected chi connectivity index (χ0v) is 18.2. The quantitative estimate of drug-likeness (QED) is 0.450. The second-order valence-corrected chi connectivity index (χ2v) is 8.67. The van der Waals surface area contributed by atoms with E-state index < -0.39 is 64.8 Å². The molecule has 35 heavy (non-hydrogen) atoms. The molecule has 0 spiro atoms. The van der Waals surface area contributed by atoms with Crippen LogP contribution in [-0.4, -0.2) is 22.5 Å². The first-order valence-electron chi connectivity index (χ1n) is 10.4. The monoisotopic (exact) mass is 513 g/mol. The molecule has 2 aromatic rings. The van der Waals surface area contributed by atoms with Crippen LogP contribution < -0.4 is 0 Å². The lowest BCUT2D eigenvalue weighted by atomic mass is 9.76. The van der Waals surface area contributed by atoms with E-state index in [0.29, 0.717) is 18.2 Å². The van der Waals surface area contributed by atoms with E-state index in [9.17, 15) is 49.4 Å². The summed E-state index contributed by atoms with van der Waals surface area (Å²) in [6, 6.07) is 4.84. The Kier molecular flexibility index (Phi) is 6.93. The van der Waals surface area contributed by atoms with E-state index in [1.54, 1.807) is 0 Å². The fourth-order valence-corrected chi connectivity index (χ4v) is 4.44. The van der Waals surface area contributed by atoms with Crippen molar-refractivity contribution in [2.24, 2.45) is 5.92 Å². The van der Waals surface area contributed by atoms with E-state index in [-0.39, 0.29) is 24.9 Å². The van der Waals surface area contributed by atoms with Gasteiger partial charge in [0.05, 0.1) is 22.6 Å². The van der Waals surface area contributed by atoms with Gasteiger partial charge in [-0.15, -0.1) is 0 Å². The highest BCUT2D eigenvalue weighted by Gasteiger charge is 2.44. The number of hydrogen-bond donors (Lipinski definition) is 1. The third-order valence-corrected chi connectivity index (χ3v) is 6.37. The molecule has 1 aliphatic rings. The van der Waals surface area contributed by atoms with Crippen LogP contribution in [0.25, 0.3) is 0 Å². The molecule has 3 rings (SSSR count). The topological polar surface area (TPSA) is 40.5 Å². The Morgan fingerprint density at radius 2 is 1.46 bits per heavy atom. The first-order chi connectivity index (χ1) is 15.9. The number of carbonyl (C=O) groups is 1. The predicted molar refractivity (Wildman–Crippen MR) is 106 cm³/mol. The lowest BCUT2D eigenvalue weighted by Gasteiger charge is -2.47. The van der Waals surface area contributed by atoms with Crippen molar-refractivity contribution in [3.05, 3.63) is 70.3 Å². The summed E-state index contributed by atoms with van der Waals surface area (Å²) in [6.45, 7) is 0.746.